The van der Waals surface area contributed by atoms with E-state index >= 15 is 0 Å². The number of benzene rings is 6. The Kier molecular flexibility index (Phi) is 8.39. The summed E-state index contributed by atoms with van der Waals surface area (Å²) in [6.07, 6.45) is 18.6. The molecule has 0 aliphatic heterocycles. The number of fused-ring (bicyclic) bond motifs is 5. The second-order valence-electron chi connectivity index (χ2n) is 19.9. The molecule has 2 unspecified atom stereocenters. The second-order valence-corrected chi connectivity index (χ2v) is 19.9. The highest BCUT2D eigenvalue weighted by atomic mass is 15.1. The van der Waals surface area contributed by atoms with Crippen LogP contribution in [0.15, 0.2) is 152 Å². The summed E-state index contributed by atoms with van der Waals surface area (Å²) in [6, 6.07) is 58.8. The van der Waals surface area contributed by atoms with E-state index in [9.17, 15) is 0 Å². The molecule has 6 bridgehead atoms. The van der Waals surface area contributed by atoms with Crippen LogP contribution in [0.5, 0.6) is 0 Å². The van der Waals surface area contributed by atoms with Crippen LogP contribution in [0, 0.1) is 35.5 Å². The molecule has 290 valence electrons. The quantitative estimate of drug-likeness (QED) is 0.149. The maximum atomic E-state index is 2.56. The first kappa shape index (κ1) is 35.1. The lowest BCUT2D eigenvalue weighted by Crippen LogP contribution is -2.48. The second kappa shape index (κ2) is 13.9. The summed E-state index contributed by atoms with van der Waals surface area (Å²) in [5, 5.41) is 0. The third-order valence-corrected chi connectivity index (χ3v) is 16.4. The zero-order chi connectivity index (χ0) is 38.3. The number of hydrogen-bond donors (Lipinski definition) is 0. The van der Waals surface area contributed by atoms with Crippen molar-refractivity contribution in [1.82, 2.24) is 0 Å². The summed E-state index contributed by atoms with van der Waals surface area (Å²) < 4.78 is 0. The van der Waals surface area contributed by atoms with Gasteiger partial charge in [-0.2, -0.15) is 0 Å². The van der Waals surface area contributed by atoms with Crippen molar-refractivity contribution in [3.63, 3.8) is 0 Å². The van der Waals surface area contributed by atoms with Gasteiger partial charge in [-0.15, -0.1) is 0 Å². The fourth-order valence-electron chi connectivity index (χ4n) is 14.6. The van der Waals surface area contributed by atoms with E-state index in [4.69, 9.17) is 0 Å². The van der Waals surface area contributed by atoms with Crippen LogP contribution in [-0.4, -0.2) is 0 Å². The molecule has 0 saturated heterocycles. The largest absolute Gasteiger partial charge is 0.310 e. The van der Waals surface area contributed by atoms with Crippen molar-refractivity contribution < 1.29 is 0 Å². The van der Waals surface area contributed by atoms with Crippen molar-refractivity contribution >= 4 is 17.1 Å². The Hall–Kier alpha value is -4.88. The molecule has 1 nitrogen and oxygen atoms in total. The Labute approximate surface area is 346 Å². The summed E-state index contributed by atoms with van der Waals surface area (Å²) >= 11 is 0. The summed E-state index contributed by atoms with van der Waals surface area (Å²) in [5.74, 6) is 5.61. The van der Waals surface area contributed by atoms with Crippen LogP contribution in [0.1, 0.15) is 110 Å². The van der Waals surface area contributed by atoms with E-state index in [0.717, 1.165) is 35.5 Å². The molecule has 0 aromatic heterocycles. The Bertz CT molecular complexity index is 2340. The van der Waals surface area contributed by atoms with E-state index in [1.165, 1.54) is 139 Å². The van der Waals surface area contributed by atoms with Crippen LogP contribution in [0.25, 0.3) is 11.1 Å². The van der Waals surface area contributed by atoms with Crippen LogP contribution in [-0.2, 0) is 17.3 Å². The molecule has 0 N–H and O–H groups in total. The fourth-order valence-corrected chi connectivity index (χ4v) is 14.6. The summed E-state index contributed by atoms with van der Waals surface area (Å²) in [4.78, 5) is 2.56. The average molecular weight is 756 g/mol. The molecule has 6 aromatic rings. The summed E-state index contributed by atoms with van der Waals surface area (Å²) in [5.41, 5.74) is 14.8. The van der Waals surface area contributed by atoms with Crippen molar-refractivity contribution in [2.45, 2.75) is 94.3 Å². The highest BCUT2D eigenvalue weighted by Crippen LogP contribution is 2.61. The maximum Gasteiger partial charge on any atom is 0.0714 e. The van der Waals surface area contributed by atoms with Gasteiger partial charge in [0.15, 0.2) is 0 Å². The van der Waals surface area contributed by atoms with E-state index in [-0.39, 0.29) is 0 Å². The molecule has 0 radical (unpaired) electrons. The predicted molar refractivity (Wildman–Crippen MR) is 240 cm³/mol. The van der Waals surface area contributed by atoms with Gasteiger partial charge < -0.3 is 4.90 Å². The highest BCUT2D eigenvalue weighted by molar-refractivity contribution is 5.89. The van der Waals surface area contributed by atoms with Gasteiger partial charge in [0.25, 0.3) is 0 Å². The van der Waals surface area contributed by atoms with Gasteiger partial charge in [0.05, 0.1) is 5.41 Å². The van der Waals surface area contributed by atoms with E-state index in [1.807, 2.05) is 0 Å². The predicted octanol–water partition coefficient (Wildman–Crippen LogP) is 14.7. The zero-order valence-electron chi connectivity index (χ0n) is 34.0. The van der Waals surface area contributed by atoms with Crippen LogP contribution >= 0.6 is 0 Å². The Morgan fingerprint density at radius 2 is 0.948 bits per heavy atom. The average Bonchev–Trinajstić information content (AvgIpc) is 3.55. The van der Waals surface area contributed by atoms with E-state index < -0.39 is 5.41 Å². The van der Waals surface area contributed by atoms with E-state index in [0.29, 0.717) is 5.41 Å². The molecule has 0 amide bonds. The van der Waals surface area contributed by atoms with Crippen molar-refractivity contribution in [2.75, 3.05) is 4.90 Å². The lowest BCUT2D eigenvalue weighted by Gasteiger charge is -2.57. The van der Waals surface area contributed by atoms with E-state index in [1.54, 1.807) is 5.56 Å². The molecule has 0 heterocycles. The highest BCUT2D eigenvalue weighted by Gasteiger charge is 2.52. The van der Waals surface area contributed by atoms with Gasteiger partial charge in [-0.25, -0.2) is 0 Å². The monoisotopic (exact) mass is 755 g/mol. The molecule has 0 spiro atoms. The molecular formula is C57H57N. The third-order valence-electron chi connectivity index (χ3n) is 16.4. The first-order valence-electron chi connectivity index (χ1n) is 23.0. The molecule has 6 saturated carbocycles. The Morgan fingerprint density at radius 1 is 0.431 bits per heavy atom. The van der Waals surface area contributed by atoms with Crippen molar-refractivity contribution in [3.8, 4) is 11.1 Å². The number of hydrogen-bond acceptors (Lipinski definition) is 1. The van der Waals surface area contributed by atoms with E-state index in [2.05, 4.69) is 157 Å². The smallest absolute Gasteiger partial charge is 0.0714 e. The minimum absolute atomic E-state index is 0.391. The SMILES string of the molecule is c1ccc(C2(c3ccccc3)c3ccccc3-c3ccc(N(c4ccc(CC5CC6CCCC(C6)C5)cc4)c4ccc(C56CC7CC(CC(C7)C5)C6)cc4)cc32)cc1. The fraction of sp³-hybridized carbons (Fsp3) is 0.368. The van der Waals surface area contributed by atoms with Gasteiger partial charge in [0.2, 0.25) is 0 Å². The van der Waals surface area contributed by atoms with Gasteiger partial charge in [0.1, 0.15) is 0 Å². The lowest BCUT2D eigenvalue weighted by molar-refractivity contribution is -0.00518. The molecule has 7 aliphatic rings. The Balaban J connectivity index is 0.976. The lowest BCUT2D eigenvalue weighted by atomic mass is 9.48. The summed E-state index contributed by atoms with van der Waals surface area (Å²) in [6.45, 7) is 0. The van der Waals surface area contributed by atoms with Gasteiger partial charge >= 0.3 is 0 Å². The van der Waals surface area contributed by atoms with Gasteiger partial charge in [-0.1, -0.05) is 135 Å². The number of rotatable bonds is 8. The Morgan fingerprint density at radius 3 is 1.57 bits per heavy atom. The number of anilines is 3. The number of nitrogens with zero attached hydrogens (tertiary/aromatic N) is 1. The standard InChI is InChI=1S/C57H57N/c1-3-12-47(13-4-1)57(48-14-5-2-6-15-48)54-17-8-7-16-52(54)53-27-26-51(35-55(53)57)58(49-22-18-39(19-23-49)28-42-30-40-10-9-11-41(29-40)31-42)50-24-20-46(21-25-50)56-36-43-32-44(37-56)34-45(33-43)38-56/h1-8,12-27,35,40-45H,9-11,28-34,36-38H2. The van der Waals surface area contributed by atoms with Gasteiger partial charge in [-0.05, 0) is 186 Å². The van der Waals surface area contributed by atoms with Crippen LogP contribution < -0.4 is 4.90 Å². The van der Waals surface area contributed by atoms with Gasteiger partial charge in [-0.3, -0.25) is 0 Å². The molecule has 7 aliphatic carbocycles. The molecule has 6 fully saturated rings. The van der Waals surface area contributed by atoms with Crippen LogP contribution in [0.2, 0.25) is 0 Å². The topological polar surface area (TPSA) is 3.24 Å². The molecule has 13 rings (SSSR count). The first-order chi connectivity index (χ1) is 28.6. The molecular weight excluding hydrogens is 699 g/mol. The zero-order valence-corrected chi connectivity index (χ0v) is 34.0. The summed E-state index contributed by atoms with van der Waals surface area (Å²) in [7, 11) is 0. The molecule has 6 aromatic carbocycles. The van der Waals surface area contributed by atoms with Gasteiger partial charge in [0, 0.05) is 17.1 Å². The first-order valence-corrected chi connectivity index (χ1v) is 23.0. The van der Waals surface area contributed by atoms with Crippen LogP contribution in [0.4, 0.5) is 17.1 Å². The minimum atomic E-state index is -0.430. The van der Waals surface area contributed by atoms with Crippen molar-refractivity contribution in [3.05, 3.63) is 185 Å². The molecule has 2 atom stereocenters. The van der Waals surface area contributed by atoms with Crippen LogP contribution in [0.3, 0.4) is 0 Å². The maximum absolute atomic E-state index is 2.56. The van der Waals surface area contributed by atoms with Crippen molar-refractivity contribution in [2.24, 2.45) is 35.5 Å². The molecule has 1 heteroatoms. The normalized spacial score (nSPS) is 28.5. The van der Waals surface area contributed by atoms with Crippen molar-refractivity contribution in [1.29, 1.82) is 0 Å². The minimum Gasteiger partial charge on any atom is -0.310 e. The molecule has 58 heavy (non-hydrogen) atoms. The third kappa shape index (κ3) is 5.70.